The average Bonchev–Trinajstić information content (AvgIpc) is 3.07. The van der Waals surface area contributed by atoms with Crippen molar-refractivity contribution in [2.24, 2.45) is 0 Å². The largest absolute Gasteiger partial charge is 0.490 e. The summed E-state index contributed by atoms with van der Waals surface area (Å²) in [6, 6.07) is 6.36. The molecule has 0 bridgehead atoms. The van der Waals surface area contributed by atoms with Crippen LogP contribution in [0.5, 0.6) is 17.2 Å². The summed E-state index contributed by atoms with van der Waals surface area (Å²) in [5.74, 6) is 1.43. The second kappa shape index (κ2) is 14.9. The van der Waals surface area contributed by atoms with E-state index in [4.69, 9.17) is 14.2 Å². The molecule has 3 aliphatic heterocycles. The summed E-state index contributed by atoms with van der Waals surface area (Å²) in [6.07, 6.45) is 7.66. The Morgan fingerprint density at radius 1 is 1.15 bits per heavy atom. The van der Waals surface area contributed by atoms with E-state index in [1.165, 1.54) is 30.1 Å². The molecular weight excluding hydrogens is 601 g/mol. The maximum absolute atomic E-state index is 14.3. The molecule has 252 valence electrons. The molecule has 12 heteroatoms. The van der Waals surface area contributed by atoms with Gasteiger partial charge in [-0.3, -0.25) is 14.7 Å². The third-order valence-electron chi connectivity index (χ3n) is 9.20. The second-order valence-electron chi connectivity index (χ2n) is 12.9. The molecule has 0 spiro atoms. The van der Waals surface area contributed by atoms with Gasteiger partial charge in [-0.25, -0.2) is 14.4 Å². The van der Waals surface area contributed by atoms with Crippen molar-refractivity contribution in [2.75, 3.05) is 50.8 Å². The minimum Gasteiger partial charge on any atom is -0.490 e. The van der Waals surface area contributed by atoms with Gasteiger partial charge in [0.15, 0.2) is 11.6 Å². The number of pyridine rings is 1. The van der Waals surface area contributed by atoms with Crippen LogP contribution in [-0.4, -0.2) is 101 Å². The normalized spacial score (nSPS) is 20.6. The molecule has 1 aromatic carbocycles. The van der Waals surface area contributed by atoms with Crippen LogP contribution in [0.3, 0.4) is 0 Å². The predicted molar refractivity (Wildman–Crippen MR) is 177 cm³/mol. The number of hydrogen-bond acceptors (Lipinski definition) is 10. The second-order valence-corrected chi connectivity index (χ2v) is 12.9. The molecule has 2 saturated heterocycles. The van der Waals surface area contributed by atoms with Gasteiger partial charge in [0, 0.05) is 94.6 Å². The molecule has 3 aromatic rings. The van der Waals surface area contributed by atoms with Crippen molar-refractivity contribution >= 4 is 11.7 Å². The van der Waals surface area contributed by atoms with Crippen LogP contribution in [0.1, 0.15) is 62.2 Å². The minimum atomic E-state index is -0.500. The SMILES string of the molecule is CCN(C(=O)c1cc(F)ccc1Oc1cncnc1N1CCC(Oc2ccnc3c2CN(C[C@@H]2CN[C@@H](C)CO2)CC3)CC1)C(C)C. The zero-order valence-electron chi connectivity index (χ0n) is 27.8. The van der Waals surface area contributed by atoms with Crippen molar-refractivity contribution in [2.45, 2.75) is 77.8 Å². The van der Waals surface area contributed by atoms with Crippen LogP contribution in [0.4, 0.5) is 10.2 Å². The first-order valence-electron chi connectivity index (χ1n) is 16.8. The molecule has 0 radical (unpaired) electrons. The summed E-state index contributed by atoms with van der Waals surface area (Å²) in [7, 11) is 0. The summed E-state index contributed by atoms with van der Waals surface area (Å²) in [5.41, 5.74) is 2.46. The smallest absolute Gasteiger partial charge is 0.257 e. The van der Waals surface area contributed by atoms with E-state index in [2.05, 4.69) is 37.0 Å². The van der Waals surface area contributed by atoms with Crippen molar-refractivity contribution in [3.63, 3.8) is 0 Å². The van der Waals surface area contributed by atoms with Gasteiger partial charge in [-0.1, -0.05) is 0 Å². The van der Waals surface area contributed by atoms with Crippen molar-refractivity contribution in [3.8, 4) is 17.2 Å². The predicted octanol–water partition coefficient (Wildman–Crippen LogP) is 4.46. The zero-order chi connectivity index (χ0) is 32.9. The maximum atomic E-state index is 14.3. The van der Waals surface area contributed by atoms with Crippen molar-refractivity contribution in [1.29, 1.82) is 0 Å². The third-order valence-corrected chi connectivity index (χ3v) is 9.20. The summed E-state index contributed by atoms with van der Waals surface area (Å²) < 4.78 is 33.3. The Kier molecular flexibility index (Phi) is 10.5. The molecule has 6 rings (SSSR count). The Balaban J connectivity index is 1.10. The fourth-order valence-electron chi connectivity index (χ4n) is 6.63. The highest BCUT2D eigenvalue weighted by molar-refractivity contribution is 5.97. The summed E-state index contributed by atoms with van der Waals surface area (Å²) in [5, 5.41) is 3.52. The number of hydrogen-bond donors (Lipinski definition) is 1. The van der Waals surface area contributed by atoms with Crippen LogP contribution in [0.25, 0.3) is 0 Å². The van der Waals surface area contributed by atoms with Crippen LogP contribution >= 0.6 is 0 Å². The Hall–Kier alpha value is -3.87. The molecule has 2 aromatic heterocycles. The maximum Gasteiger partial charge on any atom is 0.257 e. The quantitative estimate of drug-likeness (QED) is 0.339. The molecule has 47 heavy (non-hydrogen) atoms. The lowest BCUT2D eigenvalue weighted by Gasteiger charge is -2.36. The van der Waals surface area contributed by atoms with Gasteiger partial charge in [0.25, 0.3) is 5.91 Å². The van der Waals surface area contributed by atoms with Gasteiger partial charge in [0.2, 0.25) is 0 Å². The molecule has 0 aliphatic carbocycles. The average molecular weight is 648 g/mol. The number of benzene rings is 1. The fraction of sp³-hybridized carbons (Fsp3) is 0.543. The van der Waals surface area contributed by atoms with E-state index in [0.29, 0.717) is 37.2 Å². The third kappa shape index (κ3) is 7.82. The molecule has 1 amide bonds. The molecule has 0 unspecified atom stereocenters. The lowest BCUT2D eigenvalue weighted by Crippen LogP contribution is -2.50. The highest BCUT2D eigenvalue weighted by atomic mass is 19.1. The van der Waals surface area contributed by atoms with Crippen LogP contribution in [0.15, 0.2) is 43.0 Å². The molecule has 2 atom stereocenters. The lowest BCUT2D eigenvalue weighted by atomic mass is 10.0. The van der Waals surface area contributed by atoms with Gasteiger partial charge >= 0.3 is 0 Å². The fourth-order valence-corrected chi connectivity index (χ4v) is 6.63. The number of fused-ring (bicyclic) bond motifs is 1. The molecule has 1 N–H and O–H groups in total. The molecule has 2 fully saturated rings. The topological polar surface area (TPSA) is 105 Å². The van der Waals surface area contributed by atoms with Gasteiger partial charge in [-0.2, -0.15) is 0 Å². The van der Waals surface area contributed by atoms with Crippen molar-refractivity contribution in [1.82, 2.24) is 30.1 Å². The van der Waals surface area contributed by atoms with Crippen LogP contribution in [-0.2, 0) is 17.7 Å². The first-order valence-corrected chi connectivity index (χ1v) is 16.8. The Morgan fingerprint density at radius 2 is 1.98 bits per heavy atom. The number of aromatic nitrogens is 3. The number of anilines is 1. The van der Waals surface area contributed by atoms with E-state index in [1.54, 1.807) is 11.1 Å². The lowest BCUT2D eigenvalue weighted by molar-refractivity contribution is -0.0139. The van der Waals surface area contributed by atoms with E-state index in [1.807, 2.05) is 33.0 Å². The molecule has 5 heterocycles. The van der Waals surface area contributed by atoms with Crippen LogP contribution in [0.2, 0.25) is 0 Å². The highest BCUT2D eigenvalue weighted by Gasteiger charge is 2.29. The zero-order valence-corrected chi connectivity index (χ0v) is 27.8. The van der Waals surface area contributed by atoms with Crippen molar-refractivity contribution in [3.05, 3.63) is 65.6 Å². The number of nitrogens with zero attached hydrogens (tertiary/aromatic N) is 6. The number of piperidine rings is 1. The van der Waals surface area contributed by atoms with E-state index < -0.39 is 5.82 Å². The number of ether oxygens (including phenoxy) is 3. The molecular formula is C35H46FN7O4. The summed E-state index contributed by atoms with van der Waals surface area (Å²) in [6.45, 7) is 14.1. The monoisotopic (exact) mass is 647 g/mol. The van der Waals surface area contributed by atoms with Crippen LogP contribution < -0.4 is 19.7 Å². The Labute approximate surface area is 276 Å². The number of halogens is 1. The standard InChI is InChI=1S/C35H46FN7O4/c1-5-43(23(2)3)35(44)28-16-25(36)6-7-31(28)47-33-18-37-22-40-34(33)42-14-9-26(10-15-42)46-32-8-12-38-30-11-13-41(20-29(30)32)19-27-17-39-24(4)21-45-27/h6-8,12,16,18,22-24,26-27,39H,5,9-11,13-15,17,19-21H2,1-4H3/t24-,27-/m0/s1. The Morgan fingerprint density at radius 3 is 2.72 bits per heavy atom. The number of carbonyl (C=O) groups is 1. The number of amides is 1. The van der Waals surface area contributed by atoms with Gasteiger partial charge < -0.3 is 29.3 Å². The number of rotatable bonds is 10. The van der Waals surface area contributed by atoms with E-state index >= 15 is 0 Å². The van der Waals surface area contributed by atoms with Gasteiger partial charge in [-0.15, -0.1) is 0 Å². The summed E-state index contributed by atoms with van der Waals surface area (Å²) in [4.78, 5) is 33.1. The Bertz CT molecular complexity index is 1530. The number of morpholine rings is 1. The van der Waals surface area contributed by atoms with Gasteiger partial charge in [-0.05, 0) is 52.0 Å². The van der Waals surface area contributed by atoms with Crippen molar-refractivity contribution < 1.29 is 23.4 Å². The van der Waals surface area contributed by atoms with E-state index in [9.17, 15) is 9.18 Å². The molecule has 3 aliphatic rings. The molecule has 0 saturated carbocycles. The number of nitrogens with one attached hydrogen (secondary N) is 1. The first-order chi connectivity index (χ1) is 22.8. The first kappa shape index (κ1) is 33.0. The molecule has 11 nitrogen and oxygen atoms in total. The van der Waals surface area contributed by atoms with E-state index in [-0.39, 0.29) is 35.5 Å². The highest BCUT2D eigenvalue weighted by Crippen LogP contribution is 2.35. The summed E-state index contributed by atoms with van der Waals surface area (Å²) >= 11 is 0. The van der Waals surface area contributed by atoms with Crippen LogP contribution in [0, 0.1) is 5.82 Å². The van der Waals surface area contributed by atoms with E-state index in [0.717, 1.165) is 63.5 Å². The number of carbonyl (C=O) groups excluding carboxylic acids is 1. The van der Waals surface area contributed by atoms with Gasteiger partial charge in [0.05, 0.1) is 24.5 Å². The van der Waals surface area contributed by atoms with Gasteiger partial charge in [0.1, 0.15) is 29.7 Å². The minimum absolute atomic E-state index is 0.0444.